The monoisotopic (exact) mass is 393 g/mol. The Kier molecular flexibility index (Phi) is 5.16. The van der Waals surface area contributed by atoms with Gasteiger partial charge >= 0.3 is 0 Å². The maximum atomic E-state index is 13.3. The lowest BCUT2D eigenvalue weighted by atomic mass is 9.92. The number of piperidine rings is 1. The van der Waals surface area contributed by atoms with E-state index >= 15 is 0 Å². The van der Waals surface area contributed by atoms with Gasteiger partial charge in [0.2, 0.25) is 5.92 Å². The van der Waals surface area contributed by atoms with Gasteiger partial charge in [-0.3, -0.25) is 4.79 Å². The van der Waals surface area contributed by atoms with Crippen LogP contribution in [-0.4, -0.2) is 47.9 Å². The molecule has 0 radical (unpaired) electrons. The molecule has 0 unspecified atom stereocenters. The maximum absolute atomic E-state index is 13.3. The minimum atomic E-state index is -2.58. The standard InChI is InChI=1S/C20H25F2N3OS/c1-25-10-6-13(7-11-25)19-24-16-3-2-14(12-17(16)27-19)18(26)23-15-4-8-20(21,22)9-5-15/h2-3,12-13,15H,4-11H2,1H3,(H,23,26). The summed E-state index contributed by atoms with van der Waals surface area (Å²) in [6, 6.07) is 5.41. The number of thiazole rings is 1. The quantitative estimate of drug-likeness (QED) is 0.840. The van der Waals surface area contributed by atoms with Crippen LogP contribution in [0.25, 0.3) is 10.2 Å². The Morgan fingerprint density at radius 3 is 2.63 bits per heavy atom. The lowest BCUT2D eigenvalue weighted by Gasteiger charge is -2.28. The van der Waals surface area contributed by atoms with Crippen LogP contribution in [0.15, 0.2) is 18.2 Å². The highest BCUT2D eigenvalue weighted by Crippen LogP contribution is 2.35. The van der Waals surface area contributed by atoms with Gasteiger partial charge in [-0.1, -0.05) is 0 Å². The van der Waals surface area contributed by atoms with Crippen LogP contribution in [-0.2, 0) is 0 Å². The summed E-state index contributed by atoms with van der Waals surface area (Å²) in [5.74, 6) is -2.26. The van der Waals surface area contributed by atoms with Gasteiger partial charge in [-0.15, -0.1) is 11.3 Å². The first-order chi connectivity index (χ1) is 12.9. The van der Waals surface area contributed by atoms with Crippen molar-refractivity contribution in [1.29, 1.82) is 0 Å². The molecule has 7 heteroatoms. The number of nitrogens with zero attached hydrogens (tertiary/aromatic N) is 2. The van der Waals surface area contributed by atoms with Crippen molar-refractivity contribution in [3.8, 4) is 0 Å². The van der Waals surface area contributed by atoms with Crippen LogP contribution in [0.5, 0.6) is 0 Å². The third-order valence-electron chi connectivity index (χ3n) is 5.79. The molecule has 2 aliphatic rings. The number of alkyl halides is 2. The summed E-state index contributed by atoms with van der Waals surface area (Å²) < 4.78 is 27.6. The van der Waals surface area contributed by atoms with E-state index in [1.165, 1.54) is 0 Å². The predicted octanol–water partition coefficient (Wildman–Crippen LogP) is 4.41. The number of amides is 1. The first-order valence-electron chi connectivity index (χ1n) is 9.67. The zero-order valence-corrected chi connectivity index (χ0v) is 16.3. The topological polar surface area (TPSA) is 45.2 Å². The smallest absolute Gasteiger partial charge is 0.251 e. The highest BCUT2D eigenvalue weighted by Gasteiger charge is 2.35. The molecule has 0 atom stereocenters. The largest absolute Gasteiger partial charge is 0.349 e. The molecule has 1 saturated carbocycles. The molecule has 1 N–H and O–H groups in total. The van der Waals surface area contributed by atoms with Gasteiger partial charge in [-0.25, -0.2) is 13.8 Å². The molecule has 4 rings (SSSR count). The Hall–Kier alpha value is -1.60. The fraction of sp³-hybridized carbons (Fsp3) is 0.600. The third kappa shape index (κ3) is 4.29. The van der Waals surface area contributed by atoms with Crippen molar-refractivity contribution in [3.63, 3.8) is 0 Å². The van der Waals surface area contributed by atoms with Crippen molar-refractivity contribution >= 4 is 27.5 Å². The van der Waals surface area contributed by atoms with E-state index in [0.29, 0.717) is 24.3 Å². The first-order valence-corrected chi connectivity index (χ1v) is 10.5. The van der Waals surface area contributed by atoms with Gasteiger partial charge in [0, 0.05) is 30.4 Å². The maximum Gasteiger partial charge on any atom is 0.251 e. The number of rotatable bonds is 3. The lowest BCUT2D eigenvalue weighted by molar-refractivity contribution is -0.0399. The van der Waals surface area contributed by atoms with Crippen molar-refractivity contribution in [3.05, 3.63) is 28.8 Å². The van der Waals surface area contributed by atoms with E-state index < -0.39 is 5.92 Å². The Morgan fingerprint density at radius 2 is 1.93 bits per heavy atom. The van der Waals surface area contributed by atoms with E-state index in [1.54, 1.807) is 17.4 Å². The van der Waals surface area contributed by atoms with E-state index in [1.807, 2.05) is 12.1 Å². The fourth-order valence-electron chi connectivity index (χ4n) is 3.97. The summed E-state index contributed by atoms with van der Waals surface area (Å²) in [4.78, 5) is 19.7. The van der Waals surface area contributed by atoms with Crippen molar-refractivity contribution in [2.75, 3.05) is 20.1 Å². The molecular weight excluding hydrogens is 368 g/mol. The third-order valence-corrected chi connectivity index (χ3v) is 6.97. The Bertz CT molecular complexity index is 820. The average molecular weight is 394 g/mol. The second-order valence-electron chi connectivity index (χ2n) is 7.92. The number of nitrogens with one attached hydrogen (secondary N) is 1. The molecule has 1 saturated heterocycles. The van der Waals surface area contributed by atoms with Gasteiger partial charge in [-0.05, 0) is 64.0 Å². The fourth-order valence-corrected chi connectivity index (χ4v) is 5.14. The Morgan fingerprint density at radius 1 is 1.22 bits per heavy atom. The van der Waals surface area contributed by atoms with E-state index in [0.717, 1.165) is 41.2 Å². The minimum absolute atomic E-state index is 0.147. The summed E-state index contributed by atoms with van der Waals surface area (Å²) in [5, 5.41) is 4.08. The average Bonchev–Trinajstić information content (AvgIpc) is 3.07. The van der Waals surface area contributed by atoms with Gasteiger partial charge in [0.1, 0.15) is 0 Å². The molecule has 4 nitrogen and oxygen atoms in total. The van der Waals surface area contributed by atoms with Gasteiger partial charge in [0.15, 0.2) is 0 Å². The van der Waals surface area contributed by atoms with Gasteiger partial charge in [0.05, 0.1) is 15.2 Å². The first kappa shape index (κ1) is 18.7. The van der Waals surface area contributed by atoms with E-state index in [9.17, 15) is 13.6 Å². The number of hydrogen-bond acceptors (Lipinski definition) is 4. The number of aromatic nitrogens is 1. The zero-order valence-electron chi connectivity index (χ0n) is 15.5. The molecule has 27 heavy (non-hydrogen) atoms. The number of hydrogen-bond donors (Lipinski definition) is 1. The Balaban J connectivity index is 1.44. The van der Waals surface area contributed by atoms with Crippen molar-refractivity contribution < 1.29 is 13.6 Å². The SMILES string of the molecule is CN1CCC(c2nc3ccc(C(=O)NC4CCC(F)(F)CC4)cc3s2)CC1. The minimum Gasteiger partial charge on any atom is -0.349 e. The summed E-state index contributed by atoms with van der Waals surface area (Å²) >= 11 is 1.67. The zero-order chi connectivity index (χ0) is 19.0. The lowest BCUT2D eigenvalue weighted by Crippen LogP contribution is -2.40. The summed E-state index contributed by atoms with van der Waals surface area (Å²) in [5.41, 5.74) is 1.51. The van der Waals surface area contributed by atoms with Crippen molar-refractivity contribution in [2.24, 2.45) is 0 Å². The van der Waals surface area contributed by atoms with Crippen LogP contribution < -0.4 is 5.32 Å². The highest BCUT2D eigenvalue weighted by molar-refractivity contribution is 7.18. The number of fused-ring (bicyclic) bond motifs is 1. The number of benzene rings is 1. The molecule has 1 aromatic carbocycles. The molecule has 2 aromatic rings. The number of halogens is 2. The summed E-state index contributed by atoms with van der Waals surface area (Å²) in [6.07, 6.45) is 2.62. The summed E-state index contributed by atoms with van der Waals surface area (Å²) in [6.45, 7) is 2.18. The number of carbonyl (C=O) groups excluding carboxylic acids is 1. The molecule has 2 heterocycles. The van der Waals surface area contributed by atoms with E-state index in [4.69, 9.17) is 4.98 Å². The van der Waals surface area contributed by atoms with Crippen LogP contribution in [0.1, 0.15) is 59.8 Å². The molecule has 1 amide bonds. The molecule has 1 aliphatic heterocycles. The highest BCUT2D eigenvalue weighted by atomic mass is 32.1. The summed E-state index contributed by atoms with van der Waals surface area (Å²) in [7, 11) is 2.15. The molecule has 2 fully saturated rings. The van der Waals surface area contributed by atoms with Crippen molar-refractivity contribution in [2.45, 2.75) is 56.4 Å². The molecule has 1 aliphatic carbocycles. The Labute approximate surface area is 162 Å². The second kappa shape index (κ2) is 7.43. The van der Waals surface area contributed by atoms with Crippen LogP contribution in [0, 0.1) is 0 Å². The molecule has 0 bridgehead atoms. The van der Waals surface area contributed by atoms with E-state index in [-0.39, 0.29) is 24.8 Å². The molecule has 0 spiro atoms. The number of likely N-dealkylation sites (tertiary alicyclic amines) is 1. The van der Waals surface area contributed by atoms with Crippen molar-refractivity contribution in [1.82, 2.24) is 15.2 Å². The van der Waals surface area contributed by atoms with Crippen LogP contribution in [0.2, 0.25) is 0 Å². The molecule has 146 valence electrons. The number of carbonyl (C=O) groups is 1. The molecule has 1 aromatic heterocycles. The normalized spacial score (nSPS) is 22.2. The second-order valence-corrected chi connectivity index (χ2v) is 8.98. The molecular formula is C20H25F2N3OS. The van der Waals surface area contributed by atoms with Crippen LogP contribution >= 0.6 is 11.3 Å². The predicted molar refractivity (Wildman–Crippen MR) is 104 cm³/mol. The van der Waals surface area contributed by atoms with Gasteiger partial charge < -0.3 is 10.2 Å². The van der Waals surface area contributed by atoms with Gasteiger partial charge in [0.25, 0.3) is 5.91 Å². The van der Waals surface area contributed by atoms with Crippen LogP contribution in [0.4, 0.5) is 8.78 Å². The van der Waals surface area contributed by atoms with Crippen LogP contribution in [0.3, 0.4) is 0 Å². The van der Waals surface area contributed by atoms with E-state index in [2.05, 4.69) is 17.3 Å². The van der Waals surface area contributed by atoms with Gasteiger partial charge in [-0.2, -0.15) is 0 Å².